The minimum absolute atomic E-state index is 0.109. The molecule has 0 atom stereocenters. The van der Waals surface area contributed by atoms with Gasteiger partial charge in [0.25, 0.3) is 0 Å². The minimum Gasteiger partial charge on any atom is -0.338 e. The van der Waals surface area contributed by atoms with Crippen LogP contribution in [0.5, 0.6) is 0 Å². The molecule has 2 heterocycles. The topological polar surface area (TPSA) is 52.8 Å². The third-order valence-corrected chi connectivity index (χ3v) is 5.17. The fraction of sp³-hybridized carbons (Fsp3) is 0.524. The first-order valence-corrected chi connectivity index (χ1v) is 9.99. The van der Waals surface area contributed by atoms with Crippen LogP contribution in [0.15, 0.2) is 28.8 Å². The number of halogens is 1. The van der Waals surface area contributed by atoms with E-state index >= 15 is 0 Å². The van der Waals surface area contributed by atoms with Crippen LogP contribution >= 0.6 is 0 Å². The number of piperazine rings is 1. The Kier molecular flexibility index (Phi) is 6.67. The van der Waals surface area contributed by atoms with Crippen LogP contribution in [0.3, 0.4) is 0 Å². The first-order chi connectivity index (χ1) is 13.5. The third kappa shape index (κ3) is 4.52. The van der Waals surface area contributed by atoms with E-state index in [-0.39, 0.29) is 11.7 Å². The maximum absolute atomic E-state index is 13.4. The second-order valence-electron chi connectivity index (χ2n) is 7.28. The summed E-state index contributed by atoms with van der Waals surface area (Å²) >= 11 is 0. The standard InChI is InChI=1S/C21H29FN4O2/c1-4-10-26(19(27)5-2)15-18-20(16-6-8-17(22)9-7-16)23-28-21(18)25-13-11-24(3)12-14-25/h6-9H,4-5,10-15H2,1-3H3. The van der Waals surface area contributed by atoms with E-state index in [0.717, 1.165) is 49.6 Å². The fourth-order valence-electron chi connectivity index (χ4n) is 3.51. The number of amides is 1. The van der Waals surface area contributed by atoms with Crippen molar-refractivity contribution in [3.63, 3.8) is 0 Å². The van der Waals surface area contributed by atoms with Gasteiger partial charge in [0.05, 0.1) is 12.1 Å². The van der Waals surface area contributed by atoms with Gasteiger partial charge in [0.1, 0.15) is 11.5 Å². The molecule has 0 N–H and O–H groups in total. The SMILES string of the molecule is CCCN(Cc1c(-c2ccc(F)cc2)noc1N1CCN(C)CC1)C(=O)CC. The molecule has 1 fully saturated rings. The quantitative estimate of drug-likeness (QED) is 0.728. The third-order valence-electron chi connectivity index (χ3n) is 5.17. The van der Waals surface area contributed by atoms with E-state index in [0.29, 0.717) is 25.2 Å². The maximum Gasteiger partial charge on any atom is 0.232 e. The number of nitrogens with zero attached hydrogens (tertiary/aromatic N) is 4. The van der Waals surface area contributed by atoms with E-state index < -0.39 is 0 Å². The Balaban J connectivity index is 1.98. The number of anilines is 1. The molecule has 7 heteroatoms. The van der Waals surface area contributed by atoms with Gasteiger partial charge in [-0.15, -0.1) is 0 Å². The van der Waals surface area contributed by atoms with E-state index in [1.54, 1.807) is 12.1 Å². The first kappa shape index (κ1) is 20.3. The van der Waals surface area contributed by atoms with Gasteiger partial charge in [0.2, 0.25) is 11.8 Å². The lowest BCUT2D eigenvalue weighted by atomic mass is 10.1. The zero-order valence-corrected chi connectivity index (χ0v) is 16.9. The van der Waals surface area contributed by atoms with Crippen LogP contribution < -0.4 is 4.90 Å². The van der Waals surface area contributed by atoms with Gasteiger partial charge >= 0.3 is 0 Å². The highest BCUT2D eigenvalue weighted by Crippen LogP contribution is 2.33. The first-order valence-electron chi connectivity index (χ1n) is 9.99. The minimum atomic E-state index is -0.290. The van der Waals surface area contributed by atoms with Crippen LogP contribution in [0.4, 0.5) is 10.3 Å². The highest BCUT2D eigenvalue weighted by molar-refractivity contribution is 5.77. The highest BCUT2D eigenvalue weighted by atomic mass is 19.1. The summed E-state index contributed by atoms with van der Waals surface area (Å²) in [7, 11) is 2.10. The summed E-state index contributed by atoms with van der Waals surface area (Å²) in [4.78, 5) is 18.8. The Bertz CT molecular complexity index is 782. The number of carbonyl (C=O) groups excluding carboxylic acids is 1. The molecule has 1 aromatic heterocycles. The molecule has 0 bridgehead atoms. The average molecular weight is 388 g/mol. The molecule has 0 aliphatic carbocycles. The van der Waals surface area contributed by atoms with Crippen molar-refractivity contribution in [2.24, 2.45) is 0 Å². The van der Waals surface area contributed by atoms with Gasteiger partial charge in [-0.1, -0.05) is 19.0 Å². The Morgan fingerprint density at radius 3 is 2.46 bits per heavy atom. The fourth-order valence-corrected chi connectivity index (χ4v) is 3.51. The molecule has 0 spiro atoms. The second-order valence-corrected chi connectivity index (χ2v) is 7.28. The molecule has 0 saturated carbocycles. The van der Waals surface area contributed by atoms with Crippen molar-refractivity contribution in [3.05, 3.63) is 35.6 Å². The van der Waals surface area contributed by atoms with E-state index in [2.05, 4.69) is 28.9 Å². The zero-order chi connectivity index (χ0) is 20.1. The smallest absolute Gasteiger partial charge is 0.232 e. The molecule has 1 aliphatic heterocycles. The van der Waals surface area contributed by atoms with Crippen LogP contribution in [-0.4, -0.2) is 60.6 Å². The Morgan fingerprint density at radius 1 is 1.18 bits per heavy atom. The average Bonchev–Trinajstić information content (AvgIpc) is 3.11. The Morgan fingerprint density at radius 2 is 1.86 bits per heavy atom. The summed E-state index contributed by atoms with van der Waals surface area (Å²) in [6.07, 6.45) is 1.34. The normalized spacial score (nSPS) is 15.1. The molecule has 1 aliphatic rings. The predicted octanol–water partition coefficient (Wildman–Crippen LogP) is 3.38. The largest absolute Gasteiger partial charge is 0.338 e. The molecular weight excluding hydrogens is 359 g/mol. The zero-order valence-electron chi connectivity index (χ0n) is 16.9. The van der Waals surface area contributed by atoms with Crippen LogP contribution in [0.25, 0.3) is 11.3 Å². The van der Waals surface area contributed by atoms with Gasteiger partial charge in [-0.2, -0.15) is 0 Å². The molecule has 28 heavy (non-hydrogen) atoms. The van der Waals surface area contributed by atoms with Gasteiger partial charge in [0, 0.05) is 44.7 Å². The van der Waals surface area contributed by atoms with Crippen molar-refractivity contribution in [2.45, 2.75) is 33.2 Å². The van der Waals surface area contributed by atoms with Crippen molar-refractivity contribution in [3.8, 4) is 11.3 Å². The molecule has 0 radical (unpaired) electrons. The second kappa shape index (κ2) is 9.19. The van der Waals surface area contributed by atoms with Crippen LogP contribution in [-0.2, 0) is 11.3 Å². The molecule has 6 nitrogen and oxygen atoms in total. The number of hydrogen-bond acceptors (Lipinski definition) is 5. The van der Waals surface area contributed by atoms with E-state index in [1.165, 1.54) is 12.1 Å². The number of carbonyl (C=O) groups is 1. The van der Waals surface area contributed by atoms with Crippen LogP contribution in [0.1, 0.15) is 32.3 Å². The van der Waals surface area contributed by atoms with Crippen molar-refractivity contribution >= 4 is 11.8 Å². The number of likely N-dealkylation sites (N-methyl/N-ethyl adjacent to an activating group) is 1. The van der Waals surface area contributed by atoms with Crippen LogP contribution in [0.2, 0.25) is 0 Å². The van der Waals surface area contributed by atoms with Crippen molar-refractivity contribution in [1.29, 1.82) is 0 Å². The summed E-state index contributed by atoms with van der Waals surface area (Å²) < 4.78 is 19.2. The number of aromatic nitrogens is 1. The number of hydrogen-bond donors (Lipinski definition) is 0. The lowest BCUT2D eigenvalue weighted by Gasteiger charge is -2.33. The van der Waals surface area contributed by atoms with Gasteiger partial charge in [-0.25, -0.2) is 4.39 Å². The Labute approximate surface area is 165 Å². The lowest BCUT2D eigenvalue weighted by Crippen LogP contribution is -2.44. The molecule has 1 aromatic carbocycles. The molecule has 152 valence electrons. The van der Waals surface area contributed by atoms with E-state index in [4.69, 9.17) is 4.52 Å². The predicted molar refractivity (Wildman–Crippen MR) is 108 cm³/mol. The summed E-state index contributed by atoms with van der Waals surface area (Å²) in [5, 5.41) is 4.32. The highest BCUT2D eigenvalue weighted by Gasteiger charge is 2.27. The van der Waals surface area contributed by atoms with Crippen molar-refractivity contribution in [2.75, 3.05) is 44.7 Å². The summed E-state index contributed by atoms with van der Waals surface area (Å²) in [5.74, 6) is 0.539. The molecule has 2 aromatic rings. The molecule has 3 rings (SSSR count). The van der Waals surface area contributed by atoms with Gasteiger partial charge in [-0.3, -0.25) is 4.79 Å². The van der Waals surface area contributed by atoms with Crippen LogP contribution in [0, 0.1) is 5.82 Å². The maximum atomic E-state index is 13.4. The van der Waals surface area contributed by atoms with Crippen molar-refractivity contribution in [1.82, 2.24) is 15.0 Å². The van der Waals surface area contributed by atoms with Crippen molar-refractivity contribution < 1.29 is 13.7 Å². The Hall–Kier alpha value is -2.41. The number of benzene rings is 1. The summed E-state index contributed by atoms with van der Waals surface area (Å²) in [5.41, 5.74) is 2.37. The number of rotatable bonds is 7. The molecule has 1 amide bonds. The van der Waals surface area contributed by atoms with E-state index in [1.807, 2.05) is 11.8 Å². The molecule has 1 saturated heterocycles. The lowest BCUT2D eigenvalue weighted by molar-refractivity contribution is -0.131. The summed E-state index contributed by atoms with van der Waals surface area (Å²) in [6.45, 7) is 8.64. The molecular formula is C21H29FN4O2. The molecule has 0 unspecified atom stereocenters. The van der Waals surface area contributed by atoms with Gasteiger partial charge in [-0.05, 0) is 37.7 Å². The monoisotopic (exact) mass is 388 g/mol. The van der Waals surface area contributed by atoms with E-state index in [9.17, 15) is 9.18 Å². The van der Waals surface area contributed by atoms with Gasteiger partial charge < -0.3 is 19.2 Å². The van der Waals surface area contributed by atoms with Gasteiger partial charge in [0.15, 0.2) is 0 Å². The summed E-state index contributed by atoms with van der Waals surface area (Å²) in [6, 6.07) is 6.25.